The van der Waals surface area contributed by atoms with Crippen molar-refractivity contribution in [3.8, 4) is 0 Å². The first-order valence-corrected chi connectivity index (χ1v) is 10.9. The van der Waals surface area contributed by atoms with Crippen molar-refractivity contribution in [3.05, 3.63) is 35.9 Å². The Morgan fingerprint density at radius 3 is 2.44 bits per heavy atom. The van der Waals surface area contributed by atoms with Crippen molar-refractivity contribution in [2.75, 3.05) is 19.7 Å². The zero-order valence-corrected chi connectivity index (χ0v) is 16.2. The van der Waals surface area contributed by atoms with Gasteiger partial charge in [-0.3, -0.25) is 0 Å². The van der Waals surface area contributed by atoms with Gasteiger partial charge in [0.05, 0.1) is 18.5 Å². The molecule has 2 N–H and O–H groups in total. The smallest absolute Gasteiger partial charge is 0.214 e. The van der Waals surface area contributed by atoms with Crippen LogP contribution in [-0.2, 0) is 21.4 Å². The summed E-state index contributed by atoms with van der Waals surface area (Å²) in [5.74, 6) is 0.633. The van der Waals surface area contributed by atoms with E-state index in [1.54, 1.807) is 13.8 Å². The van der Waals surface area contributed by atoms with Crippen LogP contribution in [0.4, 0.5) is 0 Å². The van der Waals surface area contributed by atoms with E-state index in [1.165, 1.54) is 5.56 Å². The predicted octanol–water partition coefficient (Wildman–Crippen LogP) is 2.68. The normalized spacial score (nSPS) is 21.6. The molecule has 0 heterocycles. The van der Waals surface area contributed by atoms with Crippen LogP contribution in [0.1, 0.15) is 45.1 Å². The SMILES string of the molecule is CC(C)S(=O)(=O)NC1CCC(CNCCOCc2ccccc2)CC1. The molecule has 1 aromatic rings. The van der Waals surface area contributed by atoms with Crippen molar-refractivity contribution in [1.82, 2.24) is 10.0 Å². The van der Waals surface area contributed by atoms with Gasteiger partial charge in [-0.25, -0.2) is 13.1 Å². The van der Waals surface area contributed by atoms with E-state index in [2.05, 4.69) is 22.2 Å². The molecule has 0 bridgehead atoms. The fourth-order valence-electron chi connectivity index (χ4n) is 3.07. The summed E-state index contributed by atoms with van der Waals surface area (Å²) in [4.78, 5) is 0. The van der Waals surface area contributed by atoms with Crippen LogP contribution in [-0.4, -0.2) is 39.4 Å². The maximum absolute atomic E-state index is 11.9. The Hall–Kier alpha value is -0.950. The Balaban J connectivity index is 1.52. The van der Waals surface area contributed by atoms with Gasteiger partial charge in [0, 0.05) is 12.6 Å². The molecule has 0 aromatic heterocycles. The Labute approximate surface area is 152 Å². The molecule has 1 saturated carbocycles. The molecule has 0 spiro atoms. The molecule has 0 aliphatic heterocycles. The summed E-state index contributed by atoms with van der Waals surface area (Å²) >= 11 is 0. The van der Waals surface area contributed by atoms with Crippen LogP contribution < -0.4 is 10.0 Å². The zero-order valence-electron chi connectivity index (χ0n) is 15.4. The summed E-state index contributed by atoms with van der Waals surface area (Å²) in [5, 5.41) is 3.10. The molecule has 0 radical (unpaired) electrons. The van der Waals surface area contributed by atoms with Crippen LogP contribution in [0.3, 0.4) is 0 Å². The van der Waals surface area contributed by atoms with Crippen molar-refractivity contribution >= 4 is 10.0 Å². The van der Waals surface area contributed by atoms with Gasteiger partial charge in [-0.05, 0) is 57.6 Å². The predicted molar refractivity (Wildman–Crippen MR) is 102 cm³/mol. The number of rotatable bonds is 10. The summed E-state index contributed by atoms with van der Waals surface area (Å²) in [7, 11) is -3.15. The highest BCUT2D eigenvalue weighted by Gasteiger charge is 2.26. The van der Waals surface area contributed by atoms with Crippen LogP contribution >= 0.6 is 0 Å². The topological polar surface area (TPSA) is 67.4 Å². The number of hydrogen-bond donors (Lipinski definition) is 2. The summed E-state index contributed by atoms with van der Waals surface area (Å²) in [6.45, 7) is 6.64. The quantitative estimate of drug-likeness (QED) is 0.623. The summed E-state index contributed by atoms with van der Waals surface area (Å²) in [6, 6.07) is 10.3. The standard InChI is InChI=1S/C19H32N2O3S/c1-16(2)25(22,23)21-19-10-8-17(9-11-19)14-20-12-13-24-15-18-6-4-3-5-7-18/h3-7,16-17,19-21H,8-15H2,1-2H3. The molecule has 2 rings (SSSR count). The molecule has 6 heteroatoms. The lowest BCUT2D eigenvalue weighted by atomic mass is 9.86. The molecule has 0 saturated heterocycles. The zero-order chi connectivity index (χ0) is 18.1. The Morgan fingerprint density at radius 2 is 1.80 bits per heavy atom. The van der Waals surface area contributed by atoms with E-state index < -0.39 is 10.0 Å². The van der Waals surface area contributed by atoms with Gasteiger partial charge in [0.25, 0.3) is 0 Å². The number of ether oxygens (including phenoxy) is 1. The third-order valence-electron chi connectivity index (χ3n) is 4.77. The Morgan fingerprint density at radius 1 is 1.12 bits per heavy atom. The number of nitrogens with one attached hydrogen (secondary N) is 2. The molecule has 5 nitrogen and oxygen atoms in total. The lowest BCUT2D eigenvalue weighted by Crippen LogP contribution is -2.42. The van der Waals surface area contributed by atoms with Crippen LogP contribution in [0.15, 0.2) is 30.3 Å². The van der Waals surface area contributed by atoms with Crippen LogP contribution in [0.2, 0.25) is 0 Å². The van der Waals surface area contributed by atoms with E-state index in [0.29, 0.717) is 19.1 Å². The highest BCUT2D eigenvalue weighted by atomic mass is 32.2. The highest BCUT2D eigenvalue weighted by Crippen LogP contribution is 2.24. The fraction of sp³-hybridized carbons (Fsp3) is 0.684. The lowest BCUT2D eigenvalue weighted by molar-refractivity contribution is 0.121. The van der Waals surface area contributed by atoms with Gasteiger partial charge in [-0.1, -0.05) is 30.3 Å². The van der Waals surface area contributed by atoms with E-state index in [9.17, 15) is 8.42 Å². The largest absolute Gasteiger partial charge is 0.375 e. The van der Waals surface area contributed by atoms with Crippen molar-refractivity contribution in [2.24, 2.45) is 5.92 Å². The van der Waals surface area contributed by atoms with E-state index in [-0.39, 0.29) is 11.3 Å². The minimum atomic E-state index is -3.15. The molecule has 1 aliphatic carbocycles. The minimum Gasteiger partial charge on any atom is -0.375 e. The second-order valence-corrected chi connectivity index (χ2v) is 9.44. The van der Waals surface area contributed by atoms with Crippen molar-refractivity contribution < 1.29 is 13.2 Å². The van der Waals surface area contributed by atoms with Gasteiger partial charge >= 0.3 is 0 Å². The van der Waals surface area contributed by atoms with Crippen LogP contribution in [0.25, 0.3) is 0 Å². The van der Waals surface area contributed by atoms with Gasteiger partial charge in [0.1, 0.15) is 0 Å². The molecule has 142 valence electrons. The van der Waals surface area contributed by atoms with Crippen molar-refractivity contribution in [3.63, 3.8) is 0 Å². The first-order valence-electron chi connectivity index (χ1n) is 9.31. The maximum atomic E-state index is 11.9. The molecule has 1 aromatic carbocycles. The van der Waals surface area contributed by atoms with Crippen LogP contribution in [0.5, 0.6) is 0 Å². The van der Waals surface area contributed by atoms with E-state index >= 15 is 0 Å². The average Bonchev–Trinajstić information content (AvgIpc) is 2.60. The fourth-order valence-corrected chi connectivity index (χ4v) is 4.04. The van der Waals surface area contributed by atoms with E-state index in [4.69, 9.17) is 4.74 Å². The summed E-state index contributed by atoms with van der Waals surface area (Å²) in [5.41, 5.74) is 1.20. The van der Waals surface area contributed by atoms with Gasteiger partial charge in [-0.2, -0.15) is 0 Å². The molecular weight excluding hydrogens is 336 g/mol. The molecule has 1 fully saturated rings. The lowest BCUT2D eigenvalue weighted by Gasteiger charge is -2.29. The van der Waals surface area contributed by atoms with Gasteiger partial charge in [0.15, 0.2) is 0 Å². The van der Waals surface area contributed by atoms with E-state index in [0.717, 1.165) is 38.8 Å². The van der Waals surface area contributed by atoms with Crippen molar-refractivity contribution in [1.29, 1.82) is 0 Å². The van der Waals surface area contributed by atoms with Crippen LogP contribution in [0, 0.1) is 5.92 Å². The van der Waals surface area contributed by atoms with Gasteiger partial charge in [0.2, 0.25) is 10.0 Å². The van der Waals surface area contributed by atoms with Crippen molar-refractivity contribution in [2.45, 2.75) is 57.4 Å². The molecular formula is C19H32N2O3S. The third kappa shape index (κ3) is 7.44. The molecule has 1 aliphatic rings. The Kier molecular flexibility index (Phi) is 8.36. The molecule has 0 unspecified atom stereocenters. The van der Waals surface area contributed by atoms with Gasteiger partial charge < -0.3 is 10.1 Å². The summed E-state index contributed by atoms with van der Waals surface area (Å²) in [6.07, 6.45) is 4.01. The minimum absolute atomic E-state index is 0.109. The molecule has 25 heavy (non-hydrogen) atoms. The molecule has 0 atom stereocenters. The Bertz CT molecular complexity index is 582. The second-order valence-electron chi connectivity index (χ2n) is 7.17. The number of hydrogen-bond acceptors (Lipinski definition) is 4. The monoisotopic (exact) mass is 368 g/mol. The first kappa shape index (κ1) is 20.4. The van der Waals surface area contributed by atoms with Gasteiger partial charge in [-0.15, -0.1) is 0 Å². The average molecular weight is 369 g/mol. The number of benzene rings is 1. The van der Waals surface area contributed by atoms with E-state index in [1.807, 2.05) is 18.2 Å². The number of sulfonamides is 1. The maximum Gasteiger partial charge on any atom is 0.214 e. The third-order valence-corrected chi connectivity index (χ3v) is 6.67. The second kappa shape index (κ2) is 10.3. The first-order chi connectivity index (χ1) is 12.0. The summed E-state index contributed by atoms with van der Waals surface area (Å²) < 4.78 is 32.3. The molecule has 0 amide bonds. The highest BCUT2D eigenvalue weighted by molar-refractivity contribution is 7.90.